The number of nitrogens with one attached hydrogen (secondary N) is 1. The van der Waals surface area contributed by atoms with E-state index in [-0.39, 0.29) is 36.7 Å². The van der Waals surface area contributed by atoms with E-state index in [1.54, 1.807) is 16.7 Å². The fourth-order valence-electron chi connectivity index (χ4n) is 2.49. The number of ether oxygens (including phenoxy) is 1. The molecule has 1 fully saturated rings. The predicted octanol–water partition coefficient (Wildman–Crippen LogP) is 0.785. The maximum absolute atomic E-state index is 12.8. The Labute approximate surface area is 145 Å². The SMILES string of the molecule is CCOC(=O)N1CCN(C(=O)CNC(=O)Cc2ccc(F)cc2)CC1. The molecule has 0 unspecified atom stereocenters. The number of nitrogens with zero attached hydrogens (tertiary/aromatic N) is 2. The average Bonchev–Trinajstić information content (AvgIpc) is 2.62. The maximum atomic E-state index is 12.8. The number of amides is 3. The Morgan fingerprint density at radius 1 is 1.08 bits per heavy atom. The van der Waals surface area contributed by atoms with Crippen LogP contribution in [0.2, 0.25) is 0 Å². The highest BCUT2D eigenvalue weighted by Crippen LogP contribution is 2.05. The van der Waals surface area contributed by atoms with Gasteiger partial charge in [0.1, 0.15) is 5.82 Å². The number of halogens is 1. The predicted molar refractivity (Wildman–Crippen MR) is 88.3 cm³/mol. The van der Waals surface area contributed by atoms with E-state index in [1.165, 1.54) is 24.3 Å². The largest absolute Gasteiger partial charge is 0.450 e. The molecule has 0 radical (unpaired) electrons. The van der Waals surface area contributed by atoms with E-state index in [1.807, 2.05) is 0 Å². The van der Waals surface area contributed by atoms with Crippen LogP contribution in [0.5, 0.6) is 0 Å². The summed E-state index contributed by atoms with van der Waals surface area (Å²) in [5.74, 6) is -0.859. The molecule has 0 bridgehead atoms. The van der Waals surface area contributed by atoms with Gasteiger partial charge in [-0.25, -0.2) is 9.18 Å². The lowest BCUT2D eigenvalue weighted by Crippen LogP contribution is -2.52. The van der Waals surface area contributed by atoms with Crippen LogP contribution in [0.15, 0.2) is 24.3 Å². The number of piperazine rings is 1. The van der Waals surface area contributed by atoms with Crippen molar-refractivity contribution in [3.8, 4) is 0 Å². The minimum Gasteiger partial charge on any atom is -0.450 e. The van der Waals surface area contributed by atoms with Crippen molar-refractivity contribution >= 4 is 17.9 Å². The Hall–Kier alpha value is -2.64. The van der Waals surface area contributed by atoms with Crippen LogP contribution in [0.25, 0.3) is 0 Å². The van der Waals surface area contributed by atoms with Gasteiger partial charge in [-0.3, -0.25) is 9.59 Å². The smallest absolute Gasteiger partial charge is 0.409 e. The van der Waals surface area contributed by atoms with E-state index >= 15 is 0 Å². The van der Waals surface area contributed by atoms with E-state index in [4.69, 9.17) is 4.74 Å². The van der Waals surface area contributed by atoms with Crippen molar-refractivity contribution < 1.29 is 23.5 Å². The normalized spacial score (nSPS) is 14.2. The molecule has 0 saturated carbocycles. The first-order valence-corrected chi connectivity index (χ1v) is 8.20. The van der Waals surface area contributed by atoms with E-state index in [2.05, 4.69) is 5.32 Å². The highest BCUT2D eigenvalue weighted by atomic mass is 19.1. The van der Waals surface area contributed by atoms with Gasteiger partial charge in [0.25, 0.3) is 0 Å². The van der Waals surface area contributed by atoms with Crippen LogP contribution in [-0.2, 0) is 20.7 Å². The summed E-state index contributed by atoms with van der Waals surface area (Å²) >= 11 is 0. The third kappa shape index (κ3) is 5.74. The zero-order chi connectivity index (χ0) is 18.2. The number of benzene rings is 1. The van der Waals surface area contributed by atoms with Crippen LogP contribution in [-0.4, -0.2) is 67.0 Å². The number of hydrogen-bond donors (Lipinski definition) is 1. The topological polar surface area (TPSA) is 79.0 Å². The van der Waals surface area contributed by atoms with Crippen LogP contribution in [0.1, 0.15) is 12.5 Å². The zero-order valence-electron chi connectivity index (χ0n) is 14.2. The van der Waals surface area contributed by atoms with Crippen LogP contribution >= 0.6 is 0 Å². The molecule has 1 N–H and O–H groups in total. The van der Waals surface area contributed by atoms with Crippen molar-refractivity contribution in [3.63, 3.8) is 0 Å². The van der Waals surface area contributed by atoms with Crippen molar-refractivity contribution in [2.24, 2.45) is 0 Å². The molecule has 1 saturated heterocycles. The molecule has 1 aromatic carbocycles. The lowest BCUT2D eigenvalue weighted by Gasteiger charge is -2.34. The first-order chi connectivity index (χ1) is 12.0. The van der Waals surface area contributed by atoms with Gasteiger partial charge >= 0.3 is 6.09 Å². The first kappa shape index (κ1) is 18.7. The molecule has 0 spiro atoms. The second-order valence-corrected chi connectivity index (χ2v) is 5.65. The molecule has 7 nitrogen and oxygen atoms in total. The molecule has 2 rings (SSSR count). The fraction of sp³-hybridized carbons (Fsp3) is 0.471. The summed E-state index contributed by atoms with van der Waals surface area (Å²) in [6.07, 6.45) is -0.285. The Morgan fingerprint density at radius 2 is 1.68 bits per heavy atom. The minimum absolute atomic E-state index is 0.0875. The fourth-order valence-corrected chi connectivity index (χ4v) is 2.49. The first-order valence-electron chi connectivity index (χ1n) is 8.20. The highest BCUT2D eigenvalue weighted by molar-refractivity contribution is 5.85. The lowest BCUT2D eigenvalue weighted by atomic mass is 10.1. The van der Waals surface area contributed by atoms with Gasteiger partial charge in [-0.15, -0.1) is 0 Å². The standard InChI is InChI=1S/C17H22FN3O4/c1-2-25-17(24)21-9-7-20(8-10-21)16(23)12-19-15(22)11-13-3-5-14(18)6-4-13/h3-6H,2,7-12H2,1H3,(H,19,22). The second-order valence-electron chi connectivity index (χ2n) is 5.65. The highest BCUT2D eigenvalue weighted by Gasteiger charge is 2.24. The molecule has 0 aliphatic carbocycles. The molecule has 25 heavy (non-hydrogen) atoms. The molecular weight excluding hydrogens is 329 g/mol. The quantitative estimate of drug-likeness (QED) is 0.851. The summed E-state index contributed by atoms with van der Waals surface area (Å²) in [6, 6.07) is 5.64. The Morgan fingerprint density at radius 3 is 2.28 bits per heavy atom. The molecule has 0 atom stereocenters. The second kappa shape index (κ2) is 9.00. The Balaban J connectivity index is 1.71. The third-order valence-corrected chi connectivity index (χ3v) is 3.87. The molecule has 0 aromatic heterocycles. The molecule has 8 heteroatoms. The summed E-state index contributed by atoms with van der Waals surface area (Å²) in [7, 11) is 0. The molecule has 1 aliphatic heterocycles. The summed E-state index contributed by atoms with van der Waals surface area (Å²) in [6.45, 7) is 3.60. The van der Waals surface area contributed by atoms with Gasteiger partial charge in [0, 0.05) is 26.2 Å². The van der Waals surface area contributed by atoms with Gasteiger partial charge in [-0.2, -0.15) is 0 Å². The van der Waals surface area contributed by atoms with Crippen molar-refractivity contribution in [2.45, 2.75) is 13.3 Å². The van der Waals surface area contributed by atoms with Crippen LogP contribution in [0.3, 0.4) is 0 Å². The minimum atomic E-state index is -0.373. The number of carbonyl (C=O) groups is 3. The molecular formula is C17H22FN3O4. The number of hydrogen-bond acceptors (Lipinski definition) is 4. The number of carbonyl (C=O) groups excluding carboxylic acids is 3. The molecule has 1 heterocycles. The number of rotatable bonds is 5. The van der Waals surface area contributed by atoms with Crippen molar-refractivity contribution in [2.75, 3.05) is 39.3 Å². The Bertz CT molecular complexity index is 613. The summed E-state index contributed by atoms with van der Waals surface area (Å²) in [5.41, 5.74) is 0.675. The van der Waals surface area contributed by atoms with Gasteiger partial charge in [-0.1, -0.05) is 12.1 Å². The van der Waals surface area contributed by atoms with Crippen LogP contribution < -0.4 is 5.32 Å². The summed E-state index contributed by atoms with van der Waals surface area (Å²) < 4.78 is 17.7. The lowest BCUT2D eigenvalue weighted by molar-refractivity contribution is -0.134. The van der Waals surface area contributed by atoms with Crippen LogP contribution in [0, 0.1) is 5.82 Å². The maximum Gasteiger partial charge on any atom is 0.409 e. The molecule has 1 aliphatic rings. The van der Waals surface area contributed by atoms with E-state index < -0.39 is 0 Å². The zero-order valence-corrected chi connectivity index (χ0v) is 14.2. The summed E-state index contributed by atoms with van der Waals surface area (Å²) in [4.78, 5) is 38.7. The van der Waals surface area contributed by atoms with Crippen LogP contribution in [0.4, 0.5) is 9.18 Å². The van der Waals surface area contributed by atoms with Gasteiger partial charge in [0.15, 0.2) is 0 Å². The van der Waals surface area contributed by atoms with Crippen molar-refractivity contribution in [1.82, 2.24) is 15.1 Å². The molecule has 3 amide bonds. The van der Waals surface area contributed by atoms with Gasteiger partial charge in [0.05, 0.1) is 19.6 Å². The van der Waals surface area contributed by atoms with Gasteiger partial charge in [0.2, 0.25) is 11.8 Å². The van der Waals surface area contributed by atoms with E-state index in [0.29, 0.717) is 38.3 Å². The molecule has 136 valence electrons. The average molecular weight is 351 g/mol. The van der Waals surface area contributed by atoms with Crippen molar-refractivity contribution in [1.29, 1.82) is 0 Å². The summed E-state index contributed by atoms with van der Waals surface area (Å²) in [5, 5.41) is 2.57. The monoisotopic (exact) mass is 351 g/mol. The Kier molecular flexibility index (Phi) is 6.73. The van der Waals surface area contributed by atoms with Crippen molar-refractivity contribution in [3.05, 3.63) is 35.6 Å². The van der Waals surface area contributed by atoms with E-state index in [9.17, 15) is 18.8 Å². The van der Waals surface area contributed by atoms with Gasteiger partial charge in [-0.05, 0) is 24.6 Å². The van der Waals surface area contributed by atoms with Gasteiger partial charge < -0.3 is 19.9 Å². The molecule has 1 aromatic rings. The van der Waals surface area contributed by atoms with E-state index in [0.717, 1.165) is 0 Å². The third-order valence-electron chi connectivity index (χ3n) is 3.87.